The van der Waals surface area contributed by atoms with Crippen LogP contribution in [0.2, 0.25) is 0 Å². The predicted molar refractivity (Wildman–Crippen MR) is 123 cm³/mol. The van der Waals surface area contributed by atoms with E-state index in [1.165, 1.54) is 28.7 Å². The van der Waals surface area contributed by atoms with Gasteiger partial charge in [-0.1, -0.05) is 0 Å². The number of ether oxygens (including phenoxy) is 1. The van der Waals surface area contributed by atoms with Gasteiger partial charge in [0.05, 0.1) is 5.60 Å². The van der Waals surface area contributed by atoms with E-state index in [1.54, 1.807) is 6.92 Å². The van der Waals surface area contributed by atoms with Crippen LogP contribution in [0.5, 0.6) is 0 Å². The summed E-state index contributed by atoms with van der Waals surface area (Å²) in [7, 11) is 0. The first kappa shape index (κ1) is 21.1. The van der Waals surface area contributed by atoms with Crippen molar-refractivity contribution < 1.29 is 9.53 Å². The lowest BCUT2D eigenvalue weighted by atomic mass is 9.87. The van der Waals surface area contributed by atoms with Crippen molar-refractivity contribution in [1.82, 2.24) is 9.97 Å². The molecule has 1 atom stereocenters. The molecule has 0 unspecified atom stereocenters. The van der Waals surface area contributed by atoms with Crippen molar-refractivity contribution in [3.8, 4) is 11.1 Å². The van der Waals surface area contributed by atoms with Crippen molar-refractivity contribution in [2.24, 2.45) is 0 Å². The molecular weight excluding hydrogens is 392 g/mol. The van der Waals surface area contributed by atoms with E-state index in [-0.39, 0.29) is 5.78 Å². The Labute approximate surface area is 182 Å². The molecule has 3 aromatic rings. The fourth-order valence-electron chi connectivity index (χ4n) is 4.44. The fourth-order valence-corrected chi connectivity index (χ4v) is 5.75. The summed E-state index contributed by atoms with van der Waals surface area (Å²) in [5, 5.41) is 1.21. The number of Topliss-reactive ketones (excluding diaryl/α,β-unsaturated/α-hetero) is 1. The Morgan fingerprint density at radius 2 is 1.93 bits per heavy atom. The summed E-state index contributed by atoms with van der Waals surface area (Å²) in [5.74, 6) is 0.00491. The van der Waals surface area contributed by atoms with Crippen molar-refractivity contribution in [1.29, 1.82) is 0 Å². The Balaban J connectivity index is 2.10. The Morgan fingerprint density at radius 1 is 1.20 bits per heavy atom. The summed E-state index contributed by atoms with van der Waals surface area (Å²) in [6.07, 6.45) is 5.83. The van der Waals surface area contributed by atoms with Crippen molar-refractivity contribution in [2.75, 3.05) is 0 Å². The number of carbonyl (C=O) groups excluding carboxylic acids is 1. The first-order chi connectivity index (χ1) is 14.2. The van der Waals surface area contributed by atoms with Crippen LogP contribution in [0.4, 0.5) is 0 Å². The Morgan fingerprint density at radius 3 is 2.60 bits per heavy atom. The minimum Gasteiger partial charge on any atom is -0.360 e. The van der Waals surface area contributed by atoms with Crippen LogP contribution in [0.1, 0.15) is 74.0 Å². The highest BCUT2D eigenvalue weighted by Gasteiger charge is 2.32. The van der Waals surface area contributed by atoms with Crippen LogP contribution in [-0.4, -0.2) is 21.4 Å². The monoisotopic (exact) mass is 422 g/mol. The summed E-state index contributed by atoms with van der Waals surface area (Å²) >= 11 is 1.82. The number of hydrogen-bond donors (Lipinski definition) is 0. The van der Waals surface area contributed by atoms with E-state index in [2.05, 4.69) is 11.1 Å². The molecule has 0 spiro atoms. The molecule has 4 nitrogen and oxygen atoms in total. The first-order valence-corrected chi connectivity index (χ1v) is 11.5. The molecule has 3 aromatic heterocycles. The second-order valence-electron chi connectivity index (χ2n) is 9.28. The van der Waals surface area contributed by atoms with E-state index in [9.17, 15) is 4.79 Å². The summed E-state index contributed by atoms with van der Waals surface area (Å²) in [4.78, 5) is 24.7. The van der Waals surface area contributed by atoms with E-state index >= 15 is 0 Å². The second kappa shape index (κ2) is 7.86. The van der Waals surface area contributed by atoms with Gasteiger partial charge in [-0.25, -0.2) is 4.98 Å². The van der Waals surface area contributed by atoms with E-state index in [0.29, 0.717) is 0 Å². The van der Waals surface area contributed by atoms with Crippen LogP contribution in [0.15, 0.2) is 18.3 Å². The Kier molecular flexibility index (Phi) is 5.54. The van der Waals surface area contributed by atoms with Gasteiger partial charge in [-0.15, -0.1) is 11.3 Å². The number of ketones is 1. The SMILES string of the molecule is CC(=O)[C@@H](OC(C)(C)C)c1c(C)nc2sc3c(c2c1-c1ccnc(C)c1)CCCC3. The molecule has 3 heterocycles. The van der Waals surface area contributed by atoms with Gasteiger partial charge in [0, 0.05) is 39.0 Å². The maximum Gasteiger partial charge on any atom is 0.163 e. The lowest BCUT2D eigenvalue weighted by Gasteiger charge is -2.29. The number of thiophene rings is 1. The topological polar surface area (TPSA) is 52.1 Å². The fraction of sp³-hybridized carbons (Fsp3) is 0.480. The van der Waals surface area contributed by atoms with Crippen LogP contribution in [-0.2, 0) is 22.4 Å². The molecule has 0 N–H and O–H groups in total. The molecule has 0 aliphatic heterocycles. The summed E-state index contributed by atoms with van der Waals surface area (Å²) in [6.45, 7) is 11.6. The largest absolute Gasteiger partial charge is 0.360 e. The maximum atomic E-state index is 12.8. The van der Waals surface area contributed by atoms with Crippen molar-refractivity contribution in [2.45, 2.75) is 78.9 Å². The van der Waals surface area contributed by atoms with Gasteiger partial charge in [0.15, 0.2) is 5.78 Å². The van der Waals surface area contributed by atoms with Gasteiger partial charge >= 0.3 is 0 Å². The number of aromatic nitrogens is 2. The van der Waals surface area contributed by atoms with Gasteiger partial charge in [-0.3, -0.25) is 9.78 Å². The lowest BCUT2D eigenvalue weighted by Crippen LogP contribution is -2.27. The van der Waals surface area contributed by atoms with Crippen LogP contribution in [0.25, 0.3) is 21.3 Å². The molecule has 5 heteroatoms. The van der Waals surface area contributed by atoms with Crippen LogP contribution >= 0.6 is 11.3 Å². The van der Waals surface area contributed by atoms with Gasteiger partial charge in [-0.2, -0.15) is 0 Å². The quantitative estimate of drug-likeness (QED) is 0.495. The molecule has 0 radical (unpaired) electrons. The molecule has 0 bridgehead atoms. The van der Waals surface area contributed by atoms with Crippen molar-refractivity contribution in [3.05, 3.63) is 45.7 Å². The molecule has 0 amide bonds. The predicted octanol–water partition coefficient (Wildman–Crippen LogP) is 6.30. The third-order valence-electron chi connectivity index (χ3n) is 5.62. The van der Waals surface area contributed by atoms with E-state index in [0.717, 1.165) is 45.8 Å². The molecule has 1 aliphatic carbocycles. The Hall–Kier alpha value is -2.11. The highest BCUT2D eigenvalue weighted by atomic mass is 32.1. The number of rotatable bonds is 4. The van der Waals surface area contributed by atoms with Crippen molar-refractivity contribution in [3.63, 3.8) is 0 Å². The van der Waals surface area contributed by atoms with E-state index in [1.807, 2.05) is 58.2 Å². The number of fused-ring (bicyclic) bond motifs is 3. The highest BCUT2D eigenvalue weighted by molar-refractivity contribution is 7.19. The average Bonchev–Trinajstić information content (AvgIpc) is 3.02. The number of hydrogen-bond acceptors (Lipinski definition) is 5. The Bertz CT molecular complexity index is 1120. The molecule has 0 saturated carbocycles. The first-order valence-electron chi connectivity index (χ1n) is 10.7. The normalized spacial score (nSPS) is 15.3. The van der Waals surface area contributed by atoms with E-state index < -0.39 is 11.7 Å². The minimum atomic E-state index is -0.649. The van der Waals surface area contributed by atoms with Gasteiger partial charge in [0.2, 0.25) is 0 Å². The average molecular weight is 423 g/mol. The zero-order valence-electron chi connectivity index (χ0n) is 18.8. The smallest absolute Gasteiger partial charge is 0.163 e. The maximum absolute atomic E-state index is 12.8. The summed E-state index contributed by atoms with van der Waals surface area (Å²) in [6, 6.07) is 4.16. The third-order valence-corrected chi connectivity index (χ3v) is 6.80. The van der Waals surface area contributed by atoms with Crippen molar-refractivity contribution >= 4 is 27.3 Å². The van der Waals surface area contributed by atoms with E-state index in [4.69, 9.17) is 9.72 Å². The van der Waals surface area contributed by atoms with Gasteiger partial charge in [0.1, 0.15) is 10.9 Å². The summed E-state index contributed by atoms with van der Waals surface area (Å²) in [5.41, 5.74) is 5.89. The van der Waals surface area contributed by atoms with Crippen LogP contribution < -0.4 is 0 Å². The number of carbonyl (C=O) groups is 1. The molecule has 0 aromatic carbocycles. The zero-order valence-corrected chi connectivity index (χ0v) is 19.6. The molecule has 4 rings (SSSR count). The highest BCUT2D eigenvalue weighted by Crippen LogP contribution is 2.45. The second-order valence-corrected chi connectivity index (χ2v) is 10.4. The molecule has 1 aliphatic rings. The third kappa shape index (κ3) is 3.93. The molecule has 0 fully saturated rings. The number of aryl methyl sites for hydroxylation is 4. The van der Waals surface area contributed by atoms with Gasteiger partial charge < -0.3 is 4.74 Å². The molecule has 0 saturated heterocycles. The molecular formula is C25H30N2O2S. The number of pyridine rings is 2. The minimum absolute atomic E-state index is 0.00491. The lowest BCUT2D eigenvalue weighted by molar-refractivity contribution is -0.138. The standard InChI is InChI=1S/C25H30N2O2S/c1-14-13-17(11-12-26-14)21-20(23(16(3)28)29-25(4,5)6)15(2)27-24-22(21)18-9-7-8-10-19(18)30-24/h11-13,23H,7-10H2,1-6H3/t23-/m1/s1. The zero-order chi connectivity index (χ0) is 21.6. The summed E-state index contributed by atoms with van der Waals surface area (Å²) < 4.78 is 6.33. The molecule has 158 valence electrons. The van der Waals surface area contributed by atoms with Crippen LogP contribution in [0.3, 0.4) is 0 Å². The van der Waals surface area contributed by atoms with Crippen LogP contribution in [0, 0.1) is 13.8 Å². The van der Waals surface area contributed by atoms with Gasteiger partial charge in [-0.05, 0) is 90.5 Å². The van der Waals surface area contributed by atoms with Gasteiger partial charge in [0.25, 0.3) is 0 Å². The number of nitrogens with zero attached hydrogens (tertiary/aromatic N) is 2. The molecule has 30 heavy (non-hydrogen) atoms.